The molecule has 0 fully saturated rings. The first-order valence-electron chi connectivity index (χ1n) is 8.52. The average molecular weight is 366 g/mol. The molecule has 0 saturated heterocycles. The number of benzene rings is 1. The maximum absolute atomic E-state index is 11.8. The van der Waals surface area contributed by atoms with Crippen LogP contribution in [0.5, 0.6) is 11.6 Å². The van der Waals surface area contributed by atoms with Gasteiger partial charge < -0.3 is 9.15 Å². The van der Waals surface area contributed by atoms with Crippen LogP contribution in [-0.4, -0.2) is 9.97 Å². The molecule has 3 aromatic heterocycles. The van der Waals surface area contributed by atoms with E-state index in [1.165, 1.54) is 11.2 Å². The second-order valence-corrected chi connectivity index (χ2v) is 7.45. The van der Waals surface area contributed by atoms with Crippen molar-refractivity contribution in [2.75, 3.05) is 0 Å². The molecule has 0 saturated carbocycles. The molecular weight excluding hydrogens is 348 g/mol. The van der Waals surface area contributed by atoms with E-state index in [1.54, 1.807) is 23.5 Å². The van der Waals surface area contributed by atoms with E-state index < -0.39 is 0 Å². The lowest BCUT2D eigenvalue weighted by Gasteiger charge is -2.08. The molecule has 0 N–H and O–H groups in total. The summed E-state index contributed by atoms with van der Waals surface area (Å²) < 4.78 is 11.4. The first kappa shape index (κ1) is 16.7. The van der Waals surface area contributed by atoms with Crippen LogP contribution in [-0.2, 0) is 6.42 Å². The molecule has 0 aliphatic heterocycles. The van der Waals surface area contributed by atoms with Crippen LogP contribution in [0.3, 0.4) is 0 Å². The highest BCUT2D eigenvalue weighted by molar-refractivity contribution is 7.18. The largest absolute Gasteiger partial charge is 0.438 e. The standard InChI is InChI=1S/C20H18N2O3S/c1-4-5-13-8-17(23)25-16-9-14(6-7-15(13)16)24-19-18-11(2)12(3)26-20(18)22-10-21-19/h6-10H,4-5H2,1-3H3. The van der Waals surface area contributed by atoms with E-state index in [1.807, 2.05) is 19.1 Å². The zero-order valence-electron chi connectivity index (χ0n) is 14.8. The maximum Gasteiger partial charge on any atom is 0.336 e. The molecule has 1 aromatic carbocycles. The van der Waals surface area contributed by atoms with Gasteiger partial charge in [0, 0.05) is 22.4 Å². The normalized spacial score (nSPS) is 11.3. The molecule has 0 unspecified atom stereocenters. The summed E-state index contributed by atoms with van der Waals surface area (Å²) in [6, 6.07) is 7.13. The van der Waals surface area contributed by atoms with Crippen LogP contribution in [0, 0.1) is 13.8 Å². The number of aryl methyl sites for hydroxylation is 3. The Morgan fingerprint density at radius 1 is 1.19 bits per heavy atom. The van der Waals surface area contributed by atoms with Crippen LogP contribution in [0.25, 0.3) is 21.2 Å². The van der Waals surface area contributed by atoms with Crippen LogP contribution < -0.4 is 10.4 Å². The van der Waals surface area contributed by atoms with Crippen molar-refractivity contribution in [3.63, 3.8) is 0 Å². The minimum absolute atomic E-state index is 0.341. The Balaban J connectivity index is 1.80. The van der Waals surface area contributed by atoms with Crippen LogP contribution in [0.15, 0.2) is 39.8 Å². The van der Waals surface area contributed by atoms with Crippen molar-refractivity contribution in [3.05, 3.63) is 57.0 Å². The Bertz CT molecular complexity index is 1180. The molecule has 0 atom stereocenters. The number of hydrogen-bond acceptors (Lipinski definition) is 6. The Hall–Kier alpha value is -2.73. The van der Waals surface area contributed by atoms with E-state index in [0.29, 0.717) is 17.2 Å². The Morgan fingerprint density at radius 3 is 2.85 bits per heavy atom. The summed E-state index contributed by atoms with van der Waals surface area (Å²) in [7, 11) is 0. The number of thiophene rings is 1. The Morgan fingerprint density at radius 2 is 2.04 bits per heavy atom. The van der Waals surface area contributed by atoms with Crippen LogP contribution in [0.2, 0.25) is 0 Å². The second kappa shape index (κ2) is 6.53. The monoisotopic (exact) mass is 366 g/mol. The molecule has 0 bridgehead atoms. The van der Waals surface area contributed by atoms with Gasteiger partial charge >= 0.3 is 5.63 Å². The van der Waals surface area contributed by atoms with Crippen molar-refractivity contribution in [1.82, 2.24) is 9.97 Å². The van der Waals surface area contributed by atoms with Gasteiger partial charge in [0.1, 0.15) is 22.5 Å². The van der Waals surface area contributed by atoms with E-state index in [0.717, 1.165) is 39.6 Å². The SMILES string of the molecule is CCCc1cc(=O)oc2cc(Oc3ncnc4sc(C)c(C)c34)ccc12. The molecule has 0 aliphatic carbocycles. The van der Waals surface area contributed by atoms with Crippen molar-refractivity contribution in [2.24, 2.45) is 0 Å². The lowest BCUT2D eigenvalue weighted by molar-refractivity contribution is 0.466. The fraction of sp³-hybridized carbons (Fsp3) is 0.250. The molecular formula is C20H18N2O3S. The highest BCUT2D eigenvalue weighted by Gasteiger charge is 2.14. The average Bonchev–Trinajstić information content (AvgIpc) is 2.90. The summed E-state index contributed by atoms with van der Waals surface area (Å²) in [6.07, 6.45) is 3.31. The van der Waals surface area contributed by atoms with Crippen molar-refractivity contribution < 1.29 is 9.15 Å². The quantitative estimate of drug-likeness (QED) is 0.467. The minimum Gasteiger partial charge on any atom is -0.438 e. The topological polar surface area (TPSA) is 65.2 Å². The van der Waals surface area contributed by atoms with Gasteiger partial charge in [-0.1, -0.05) is 13.3 Å². The predicted molar refractivity (Wildman–Crippen MR) is 103 cm³/mol. The van der Waals surface area contributed by atoms with E-state index >= 15 is 0 Å². The third-order valence-corrected chi connectivity index (χ3v) is 5.58. The molecule has 3 heterocycles. The molecule has 0 aliphatic rings. The molecule has 5 nitrogen and oxygen atoms in total. The van der Waals surface area contributed by atoms with Gasteiger partial charge in [-0.15, -0.1) is 11.3 Å². The number of aromatic nitrogens is 2. The van der Waals surface area contributed by atoms with Gasteiger partial charge in [-0.25, -0.2) is 14.8 Å². The van der Waals surface area contributed by atoms with Gasteiger partial charge in [-0.05, 0) is 43.5 Å². The molecule has 0 spiro atoms. The summed E-state index contributed by atoms with van der Waals surface area (Å²) in [6.45, 7) is 6.19. The van der Waals surface area contributed by atoms with E-state index in [9.17, 15) is 4.79 Å². The van der Waals surface area contributed by atoms with Gasteiger partial charge in [0.15, 0.2) is 0 Å². The lowest BCUT2D eigenvalue weighted by Crippen LogP contribution is -2.00. The predicted octanol–water partition coefficient (Wildman–Crippen LogP) is 5.16. The molecule has 0 radical (unpaired) electrons. The summed E-state index contributed by atoms with van der Waals surface area (Å²) in [5.74, 6) is 1.10. The molecule has 26 heavy (non-hydrogen) atoms. The highest BCUT2D eigenvalue weighted by Crippen LogP contribution is 2.36. The van der Waals surface area contributed by atoms with Crippen molar-refractivity contribution in [1.29, 1.82) is 0 Å². The number of ether oxygens (including phenoxy) is 1. The van der Waals surface area contributed by atoms with Crippen LogP contribution in [0.1, 0.15) is 29.3 Å². The second-order valence-electron chi connectivity index (χ2n) is 6.24. The zero-order valence-corrected chi connectivity index (χ0v) is 15.6. The van der Waals surface area contributed by atoms with Gasteiger partial charge in [0.2, 0.25) is 5.88 Å². The van der Waals surface area contributed by atoms with E-state index in [-0.39, 0.29) is 5.63 Å². The smallest absolute Gasteiger partial charge is 0.336 e. The fourth-order valence-corrected chi connectivity index (χ4v) is 4.08. The van der Waals surface area contributed by atoms with Gasteiger partial charge in [0.05, 0.1) is 5.39 Å². The Kier molecular flexibility index (Phi) is 4.20. The van der Waals surface area contributed by atoms with Gasteiger partial charge in [-0.2, -0.15) is 0 Å². The highest BCUT2D eigenvalue weighted by atomic mass is 32.1. The molecule has 6 heteroatoms. The first-order valence-corrected chi connectivity index (χ1v) is 9.34. The van der Waals surface area contributed by atoms with E-state index in [4.69, 9.17) is 9.15 Å². The molecule has 0 amide bonds. The molecule has 4 rings (SSSR count). The van der Waals surface area contributed by atoms with Gasteiger partial charge in [-0.3, -0.25) is 0 Å². The van der Waals surface area contributed by atoms with Crippen LogP contribution >= 0.6 is 11.3 Å². The van der Waals surface area contributed by atoms with E-state index in [2.05, 4.69) is 23.8 Å². The number of fused-ring (bicyclic) bond motifs is 2. The van der Waals surface area contributed by atoms with Crippen molar-refractivity contribution in [2.45, 2.75) is 33.6 Å². The summed E-state index contributed by atoms with van der Waals surface area (Å²) >= 11 is 1.62. The number of hydrogen-bond donors (Lipinski definition) is 0. The maximum atomic E-state index is 11.8. The first-order chi connectivity index (χ1) is 12.6. The third kappa shape index (κ3) is 2.86. The summed E-state index contributed by atoms with van der Waals surface area (Å²) in [4.78, 5) is 22.6. The zero-order chi connectivity index (χ0) is 18.3. The summed E-state index contributed by atoms with van der Waals surface area (Å²) in [5, 5.41) is 1.87. The summed E-state index contributed by atoms with van der Waals surface area (Å²) in [5.41, 5.74) is 2.31. The fourth-order valence-electron chi connectivity index (χ4n) is 3.09. The van der Waals surface area contributed by atoms with Gasteiger partial charge in [0.25, 0.3) is 0 Å². The molecule has 132 valence electrons. The Labute approximate surface area is 154 Å². The molecule has 4 aromatic rings. The van der Waals surface area contributed by atoms with Crippen molar-refractivity contribution in [3.8, 4) is 11.6 Å². The number of rotatable bonds is 4. The minimum atomic E-state index is -0.341. The number of nitrogens with zero attached hydrogens (tertiary/aromatic N) is 2. The lowest BCUT2D eigenvalue weighted by atomic mass is 10.1. The third-order valence-electron chi connectivity index (χ3n) is 4.47. The van der Waals surface area contributed by atoms with Crippen LogP contribution in [0.4, 0.5) is 0 Å². The van der Waals surface area contributed by atoms with Crippen molar-refractivity contribution >= 4 is 32.5 Å².